The van der Waals surface area contributed by atoms with Crippen molar-refractivity contribution >= 4 is 23.2 Å². The van der Waals surface area contributed by atoms with E-state index in [9.17, 15) is 0 Å². The van der Waals surface area contributed by atoms with Gasteiger partial charge >= 0.3 is 0 Å². The van der Waals surface area contributed by atoms with Crippen LogP contribution in [0.1, 0.15) is 45.9 Å². The Bertz CT molecular complexity index is 1930. The van der Waals surface area contributed by atoms with Gasteiger partial charge in [0.05, 0.1) is 28.4 Å². The molecule has 0 amide bonds. The zero-order chi connectivity index (χ0) is 36.4. The second-order valence-electron chi connectivity index (χ2n) is 12.2. The Balaban J connectivity index is 1.49. The van der Waals surface area contributed by atoms with Crippen molar-refractivity contribution in [1.82, 2.24) is 0 Å². The maximum atomic E-state index is 7.73. The first-order valence-electron chi connectivity index (χ1n) is 16.8. The predicted octanol–water partition coefficient (Wildman–Crippen LogP) is 11.2. The number of hydrogen-bond acceptors (Lipinski definition) is 4. The van der Waals surface area contributed by atoms with Crippen molar-refractivity contribution in [3.05, 3.63) is 196 Å². The summed E-state index contributed by atoms with van der Waals surface area (Å²) < 4.78 is 21.6. The van der Waals surface area contributed by atoms with Crippen molar-refractivity contribution in [2.24, 2.45) is 0 Å². The number of halogens is 2. The standard InChI is InChI=1S/C45H44Cl2O4/c1-7-35(17-14-32(2)48-3)44(46,36-18-24-41(49-4)25-19-36)39-12-8-10-33(30-39)15-16-34-11-9-13-40(31-34)45(47,37-20-26-42(50-5)27-21-37)38-22-28-43(51-6)29-23-38/h7-14,17-31H,2,15-16H2,1,3-6H3/b17-14-,35-7+. The number of ether oxygens (including phenoxy) is 4. The van der Waals surface area contributed by atoms with Crippen molar-refractivity contribution in [2.45, 2.75) is 29.5 Å². The minimum atomic E-state index is -0.976. The second-order valence-corrected chi connectivity index (χ2v) is 13.3. The monoisotopic (exact) mass is 718 g/mol. The van der Waals surface area contributed by atoms with Gasteiger partial charge in [0.15, 0.2) is 0 Å². The van der Waals surface area contributed by atoms with Crippen LogP contribution in [-0.4, -0.2) is 28.4 Å². The summed E-state index contributed by atoms with van der Waals surface area (Å²) in [6.07, 6.45) is 7.43. The minimum Gasteiger partial charge on any atom is -0.497 e. The molecule has 0 saturated carbocycles. The van der Waals surface area contributed by atoms with Crippen molar-refractivity contribution in [3.63, 3.8) is 0 Å². The van der Waals surface area contributed by atoms with E-state index in [-0.39, 0.29) is 0 Å². The summed E-state index contributed by atoms with van der Waals surface area (Å²) in [6, 6.07) is 40.8. The minimum absolute atomic E-state index is 0.541. The van der Waals surface area contributed by atoms with Crippen LogP contribution in [0.25, 0.3) is 0 Å². The van der Waals surface area contributed by atoms with Crippen LogP contribution < -0.4 is 14.2 Å². The predicted molar refractivity (Wildman–Crippen MR) is 211 cm³/mol. The van der Waals surface area contributed by atoms with Gasteiger partial charge in [-0.3, -0.25) is 0 Å². The van der Waals surface area contributed by atoms with Crippen molar-refractivity contribution in [1.29, 1.82) is 0 Å². The van der Waals surface area contributed by atoms with E-state index in [4.69, 9.17) is 42.1 Å². The summed E-state index contributed by atoms with van der Waals surface area (Å²) in [5, 5.41) is 0. The highest BCUT2D eigenvalue weighted by Gasteiger charge is 2.36. The Kier molecular flexibility index (Phi) is 12.4. The molecule has 5 aromatic carbocycles. The Morgan fingerprint density at radius 3 is 1.43 bits per heavy atom. The number of benzene rings is 5. The molecule has 0 N–H and O–H groups in total. The number of hydrogen-bond donors (Lipinski definition) is 0. The maximum Gasteiger partial charge on any atom is 0.119 e. The molecule has 0 bridgehead atoms. The van der Waals surface area contributed by atoms with E-state index in [1.54, 1.807) is 28.4 Å². The molecular formula is C45H44Cl2O4. The van der Waals surface area contributed by atoms with Crippen LogP contribution in [-0.2, 0) is 27.3 Å². The normalized spacial score (nSPS) is 13.0. The van der Waals surface area contributed by atoms with E-state index in [1.165, 1.54) is 11.1 Å². The molecule has 0 fully saturated rings. The zero-order valence-corrected chi connectivity index (χ0v) is 31.3. The molecule has 0 aliphatic heterocycles. The van der Waals surface area contributed by atoms with Gasteiger partial charge in [-0.2, -0.15) is 0 Å². The molecule has 1 unspecified atom stereocenters. The molecule has 0 heterocycles. The van der Waals surface area contributed by atoms with Gasteiger partial charge < -0.3 is 18.9 Å². The first-order valence-corrected chi connectivity index (χ1v) is 17.5. The summed E-state index contributed by atoms with van der Waals surface area (Å²) in [6.45, 7) is 5.94. The van der Waals surface area contributed by atoms with Gasteiger partial charge in [-0.15, -0.1) is 23.2 Å². The lowest BCUT2D eigenvalue weighted by Crippen LogP contribution is -2.23. The molecule has 262 valence electrons. The molecule has 5 rings (SSSR count). The van der Waals surface area contributed by atoms with E-state index in [0.29, 0.717) is 5.76 Å². The van der Waals surface area contributed by atoms with Crippen molar-refractivity contribution < 1.29 is 18.9 Å². The van der Waals surface area contributed by atoms with Crippen LogP contribution in [0.5, 0.6) is 17.2 Å². The highest BCUT2D eigenvalue weighted by molar-refractivity contribution is 6.28. The number of alkyl halides is 2. The van der Waals surface area contributed by atoms with Gasteiger partial charge in [0.1, 0.15) is 32.8 Å². The molecule has 0 aromatic heterocycles. The average Bonchev–Trinajstić information content (AvgIpc) is 3.20. The van der Waals surface area contributed by atoms with Crippen molar-refractivity contribution in [3.8, 4) is 17.2 Å². The number of aryl methyl sites for hydroxylation is 2. The first-order chi connectivity index (χ1) is 24.7. The van der Waals surface area contributed by atoms with E-state index in [1.807, 2.05) is 97.9 Å². The van der Waals surface area contributed by atoms with Gasteiger partial charge in [0, 0.05) is 0 Å². The highest BCUT2D eigenvalue weighted by atomic mass is 35.5. The largest absolute Gasteiger partial charge is 0.497 e. The summed E-state index contributed by atoms with van der Waals surface area (Å²) in [5.74, 6) is 2.85. The molecule has 0 spiro atoms. The fraction of sp³-hybridized carbons (Fsp3) is 0.200. The molecule has 5 aromatic rings. The molecular weight excluding hydrogens is 675 g/mol. The van der Waals surface area contributed by atoms with E-state index >= 15 is 0 Å². The summed E-state index contributed by atoms with van der Waals surface area (Å²) >= 11 is 15.4. The fourth-order valence-electron chi connectivity index (χ4n) is 6.29. The third-order valence-electron chi connectivity index (χ3n) is 9.24. The van der Waals surface area contributed by atoms with Crippen molar-refractivity contribution in [2.75, 3.05) is 28.4 Å². The van der Waals surface area contributed by atoms with Gasteiger partial charge in [0.2, 0.25) is 0 Å². The fourth-order valence-corrected chi connectivity index (χ4v) is 7.08. The lowest BCUT2D eigenvalue weighted by atomic mass is 9.82. The second kappa shape index (κ2) is 16.9. The zero-order valence-electron chi connectivity index (χ0n) is 29.8. The Morgan fingerprint density at radius 2 is 1.00 bits per heavy atom. The van der Waals surface area contributed by atoms with Gasteiger partial charge in [-0.1, -0.05) is 104 Å². The molecule has 51 heavy (non-hydrogen) atoms. The van der Waals surface area contributed by atoms with E-state index in [2.05, 4.69) is 55.1 Å². The number of methoxy groups -OCH3 is 4. The lowest BCUT2D eigenvalue weighted by molar-refractivity contribution is 0.309. The smallest absolute Gasteiger partial charge is 0.119 e. The summed E-state index contributed by atoms with van der Waals surface area (Å²) in [4.78, 5) is -1.91. The molecule has 6 heteroatoms. The third kappa shape index (κ3) is 8.20. The maximum absolute atomic E-state index is 7.73. The average molecular weight is 720 g/mol. The van der Waals surface area contributed by atoms with Crippen LogP contribution in [0.15, 0.2) is 157 Å². The highest BCUT2D eigenvalue weighted by Crippen LogP contribution is 2.46. The first kappa shape index (κ1) is 37.4. The molecule has 0 aliphatic carbocycles. The Hall–Kier alpha value is -4.90. The van der Waals surface area contributed by atoms with E-state index < -0.39 is 9.75 Å². The molecule has 0 saturated heterocycles. The van der Waals surface area contributed by atoms with Crippen LogP contribution in [0.3, 0.4) is 0 Å². The molecule has 0 aliphatic rings. The molecule has 4 nitrogen and oxygen atoms in total. The SMILES string of the molecule is C=C(/C=C\C(=C/C)C(Cl)(c1ccc(OC)cc1)c1cccc(CCc2cccc(C(Cl)(c3ccc(OC)cc3)c3ccc(OC)cc3)c2)c1)OC. The topological polar surface area (TPSA) is 36.9 Å². The van der Waals surface area contributed by atoms with E-state index in [0.717, 1.165) is 63.5 Å². The lowest BCUT2D eigenvalue weighted by Gasteiger charge is -2.31. The van der Waals surface area contributed by atoms with Crippen LogP contribution in [0.2, 0.25) is 0 Å². The third-order valence-corrected chi connectivity index (χ3v) is 10.5. The van der Waals surface area contributed by atoms with Gasteiger partial charge in [0.25, 0.3) is 0 Å². The Morgan fingerprint density at radius 1 is 0.569 bits per heavy atom. The van der Waals surface area contributed by atoms with Gasteiger partial charge in [-0.25, -0.2) is 0 Å². The van der Waals surface area contributed by atoms with Crippen LogP contribution in [0, 0.1) is 0 Å². The number of allylic oxidation sites excluding steroid dienone is 4. The Labute approximate surface area is 312 Å². The molecule has 0 radical (unpaired) electrons. The quantitative estimate of drug-likeness (QED) is 0.0467. The molecule has 1 atom stereocenters. The summed E-state index contributed by atoms with van der Waals surface area (Å²) in [7, 11) is 6.58. The summed E-state index contributed by atoms with van der Waals surface area (Å²) in [5.41, 5.74) is 7.98. The van der Waals surface area contributed by atoms with Gasteiger partial charge in [-0.05, 0) is 107 Å². The van der Waals surface area contributed by atoms with Crippen LogP contribution >= 0.6 is 23.2 Å². The number of rotatable bonds is 15. The van der Waals surface area contributed by atoms with Crippen LogP contribution in [0.4, 0.5) is 0 Å².